The van der Waals surface area contributed by atoms with Crippen LogP contribution in [0.4, 0.5) is 0 Å². The van der Waals surface area contributed by atoms with Gasteiger partial charge in [-0.05, 0) is 71.8 Å². The summed E-state index contributed by atoms with van der Waals surface area (Å²) in [6, 6.07) is 46.5. The summed E-state index contributed by atoms with van der Waals surface area (Å²) in [4.78, 5) is 4.83. The molecule has 186 valence electrons. The van der Waals surface area contributed by atoms with Crippen molar-refractivity contribution in [2.24, 2.45) is 0 Å². The molecular formula is C36H22N4. The van der Waals surface area contributed by atoms with Crippen LogP contribution < -0.4 is 0 Å². The zero-order valence-electron chi connectivity index (χ0n) is 21.5. The van der Waals surface area contributed by atoms with Gasteiger partial charge in [-0.1, -0.05) is 66.7 Å². The molecule has 0 saturated carbocycles. The molecular weight excluding hydrogens is 488 g/mol. The van der Waals surface area contributed by atoms with Gasteiger partial charge in [-0.25, -0.2) is 4.98 Å². The highest BCUT2D eigenvalue weighted by molar-refractivity contribution is 6.10. The van der Waals surface area contributed by atoms with E-state index in [1.54, 1.807) is 0 Å². The predicted octanol–water partition coefficient (Wildman–Crippen LogP) is 8.81. The molecule has 0 aliphatic carbocycles. The number of nitrogens with zero attached hydrogens (tertiary/aromatic N) is 4. The summed E-state index contributed by atoms with van der Waals surface area (Å²) in [6.07, 6.45) is 1.85. The number of hydrogen-bond donors (Lipinski definition) is 0. The summed E-state index contributed by atoms with van der Waals surface area (Å²) in [6.45, 7) is 0. The van der Waals surface area contributed by atoms with Gasteiger partial charge in [-0.3, -0.25) is 4.57 Å². The molecule has 0 N–H and O–H groups in total. The fraction of sp³-hybridized carbons (Fsp3) is 0. The largest absolute Gasteiger partial charge is 0.309 e. The standard InChI is InChI=1S/C36H22N4/c37-23-24-9-7-10-25(19-24)26-20-27(39-33-15-4-1-11-29(33)30-12-2-5-16-34(30)39)22-28(21-26)40-35-17-6-3-13-31(35)32-14-8-18-38-36(32)40/h1-22H. The minimum atomic E-state index is 0.639. The van der Waals surface area contributed by atoms with Crippen LogP contribution in [0.3, 0.4) is 0 Å². The van der Waals surface area contributed by atoms with E-state index in [9.17, 15) is 5.26 Å². The molecule has 5 aromatic carbocycles. The quantitative estimate of drug-likeness (QED) is 0.238. The van der Waals surface area contributed by atoms with Crippen molar-refractivity contribution in [1.82, 2.24) is 14.1 Å². The highest BCUT2D eigenvalue weighted by atomic mass is 15.1. The number of benzene rings is 5. The summed E-state index contributed by atoms with van der Waals surface area (Å²) >= 11 is 0. The lowest BCUT2D eigenvalue weighted by Crippen LogP contribution is -2.00. The molecule has 0 bridgehead atoms. The van der Waals surface area contributed by atoms with Gasteiger partial charge in [0.2, 0.25) is 0 Å². The minimum absolute atomic E-state index is 0.639. The second-order valence-corrected chi connectivity index (χ2v) is 10.0. The van der Waals surface area contributed by atoms with Crippen LogP contribution in [0.5, 0.6) is 0 Å². The van der Waals surface area contributed by atoms with Crippen molar-refractivity contribution in [3.8, 4) is 28.6 Å². The van der Waals surface area contributed by atoms with Gasteiger partial charge in [0.05, 0.1) is 33.9 Å². The van der Waals surface area contributed by atoms with Crippen molar-refractivity contribution in [3.05, 3.63) is 139 Å². The van der Waals surface area contributed by atoms with Gasteiger partial charge >= 0.3 is 0 Å². The maximum atomic E-state index is 9.63. The van der Waals surface area contributed by atoms with Crippen molar-refractivity contribution in [3.63, 3.8) is 0 Å². The van der Waals surface area contributed by atoms with Crippen LogP contribution in [0.15, 0.2) is 134 Å². The van der Waals surface area contributed by atoms with Crippen LogP contribution in [0.25, 0.3) is 66.2 Å². The molecule has 0 fully saturated rings. The van der Waals surface area contributed by atoms with Crippen LogP contribution in [0.1, 0.15) is 5.56 Å². The molecule has 0 aliphatic rings. The summed E-state index contributed by atoms with van der Waals surface area (Å²) in [5, 5.41) is 14.3. The fourth-order valence-corrected chi connectivity index (χ4v) is 6.05. The first-order chi connectivity index (χ1) is 19.8. The van der Waals surface area contributed by atoms with Gasteiger partial charge in [0.25, 0.3) is 0 Å². The van der Waals surface area contributed by atoms with Crippen molar-refractivity contribution in [2.45, 2.75) is 0 Å². The molecule has 3 heterocycles. The molecule has 0 aliphatic heterocycles. The van der Waals surface area contributed by atoms with E-state index < -0.39 is 0 Å². The van der Waals surface area contributed by atoms with E-state index in [-0.39, 0.29) is 0 Å². The Labute approximate surface area is 230 Å². The third-order valence-corrected chi connectivity index (χ3v) is 7.76. The van der Waals surface area contributed by atoms with Gasteiger partial charge in [0, 0.05) is 33.4 Å². The molecule has 0 spiro atoms. The van der Waals surface area contributed by atoms with Gasteiger partial charge in [-0.15, -0.1) is 0 Å². The van der Waals surface area contributed by atoms with Crippen LogP contribution in [0.2, 0.25) is 0 Å². The maximum absolute atomic E-state index is 9.63. The Bertz CT molecular complexity index is 2060. The van der Waals surface area contributed by atoms with Crippen molar-refractivity contribution in [2.75, 3.05) is 0 Å². The van der Waals surface area contributed by atoms with Gasteiger partial charge in [0.15, 0.2) is 0 Å². The third-order valence-electron chi connectivity index (χ3n) is 7.76. The van der Waals surface area contributed by atoms with Crippen LogP contribution in [0, 0.1) is 11.3 Å². The Morgan fingerprint density at radius 3 is 1.75 bits per heavy atom. The van der Waals surface area contributed by atoms with E-state index >= 15 is 0 Å². The molecule has 0 unspecified atom stereocenters. The van der Waals surface area contributed by atoms with E-state index in [1.807, 2.05) is 30.5 Å². The molecule has 40 heavy (non-hydrogen) atoms. The van der Waals surface area contributed by atoms with E-state index in [0.29, 0.717) is 5.56 Å². The monoisotopic (exact) mass is 510 g/mol. The average molecular weight is 511 g/mol. The highest BCUT2D eigenvalue weighted by Crippen LogP contribution is 2.37. The number of nitriles is 1. The Balaban J connectivity index is 1.51. The number of pyridine rings is 1. The maximum Gasteiger partial charge on any atom is 0.145 e. The van der Waals surface area contributed by atoms with Gasteiger partial charge < -0.3 is 4.57 Å². The second-order valence-electron chi connectivity index (χ2n) is 10.0. The van der Waals surface area contributed by atoms with E-state index in [2.05, 4.69) is 118 Å². The predicted molar refractivity (Wildman–Crippen MR) is 163 cm³/mol. The first-order valence-corrected chi connectivity index (χ1v) is 13.3. The molecule has 0 saturated heterocycles. The Morgan fingerprint density at radius 2 is 1.07 bits per heavy atom. The van der Waals surface area contributed by atoms with Crippen LogP contribution >= 0.6 is 0 Å². The zero-order valence-corrected chi connectivity index (χ0v) is 21.5. The van der Waals surface area contributed by atoms with Gasteiger partial charge in [0.1, 0.15) is 5.65 Å². The third kappa shape index (κ3) is 3.28. The Morgan fingerprint density at radius 1 is 0.500 bits per heavy atom. The Hall–Kier alpha value is -5.66. The van der Waals surface area contributed by atoms with Crippen LogP contribution in [-0.4, -0.2) is 14.1 Å². The summed E-state index contributed by atoms with van der Waals surface area (Å²) in [7, 11) is 0. The first kappa shape index (κ1) is 22.3. The van der Waals surface area contributed by atoms with Crippen molar-refractivity contribution in [1.29, 1.82) is 5.26 Å². The molecule has 0 radical (unpaired) electrons. The van der Waals surface area contributed by atoms with Crippen molar-refractivity contribution >= 4 is 43.7 Å². The highest BCUT2D eigenvalue weighted by Gasteiger charge is 2.17. The fourth-order valence-electron chi connectivity index (χ4n) is 6.05. The molecule has 8 rings (SSSR count). The molecule has 0 amide bonds. The smallest absolute Gasteiger partial charge is 0.145 e. The number of rotatable bonds is 3. The lowest BCUT2D eigenvalue weighted by Gasteiger charge is -2.15. The molecule has 8 aromatic rings. The number of para-hydroxylation sites is 3. The lowest BCUT2D eigenvalue weighted by atomic mass is 10.0. The second kappa shape index (κ2) is 8.69. The Kier molecular flexibility index (Phi) is 4.85. The van der Waals surface area contributed by atoms with Crippen molar-refractivity contribution < 1.29 is 0 Å². The number of fused-ring (bicyclic) bond motifs is 6. The SMILES string of the molecule is N#Cc1cccc(-c2cc(-n3c4ccccc4c4ccccc43)cc(-n3c4ccccc4c4cccnc43)c2)c1. The van der Waals surface area contributed by atoms with E-state index in [1.165, 1.54) is 16.2 Å². The molecule has 4 heteroatoms. The lowest BCUT2D eigenvalue weighted by molar-refractivity contribution is 1.11. The number of hydrogen-bond acceptors (Lipinski definition) is 2. The molecule has 3 aromatic heterocycles. The summed E-state index contributed by atoms with van der Waals surface area (Å²) in [5.41, 5.74) is 9.06. The van der Waals surface area contributed by atoms with E-state index in [4.69, 9.17) is 4.98 Å². The van der Waals surface area contributed by atoms with Gasteiger partial charge in [-0.2, -0.15) is 5.26 Å². The topological polar surface area (TPSA) is 46.5 Å². The number of aromatic nitrogens is 3. The summed E-state index contributed by atoms with van der Waals surface area (Å²) < 4.78 is 4.59. The minimum Gasteiger partial charge on any atom is -0.309 e. The van der Waals surface area contributed by atoms with Crippen LogP contribution in [-0.2, 0) is 0 Å². The normalized spacial score (nSPS) is 11.5. The zero-order chi connectivity index (χ0) is 26.6. The average Bonchev–Trinajstić information content (AvgIpc) is 3.54. The van der Waals surface area contributed by atoms with E-state index in [0.717, 1.165) is 50.1 Å². The molecule has 4 nitrogen and oxygen atoms in total. The molecule has 0 atom stereocenters. The first-order valence-electron chi connectivity index (χ1n) is 13.3. The summed E-state index contributed by atoms with van der Waals surface area (Å²) in [5.74, 6) is 0.